The van der Waals surface area contributed by atoms with E-state index in [2.05, 4.69) is 82.6 Å². The van der Waals surface area contributed by atoms with Crippen molar-refractivity contribution in [1.82, 2.24) is 0 Å². The second-order valence-electron chi connectivity index (χ2n) is 6.79. The molecule has 1 unspecified atom stereocenters. The van der Waals surface area contributed by atoms with Crippen LogP contribution in [0.25, 0.3) is 11.8 Å². The van der Waals surface area contributed by atoms with Gasteiger partial charge in [0.15, 0.2) is 0 Å². The van der Waals surface area contributed by atoms with Gasteiger partial charge in [-0.15, -0.1) is 0 Å². The second-order valence-corrected chi connectivity index (χ2v) is 8.04. The van der Waals surface area contributed by atoms with Crippen LogP contribution in [0.1, 0.15) is 22.7 Å². The number of carbonyl (C=O) groups is 1. The second kappa shape index (κ2) is 8.25. The largest absolute Gasteiger partial charge is 0.466 e. The molecule has 29 heavy (non-hydrogen) atoms. The van der Waals surface area contributed by atoms with Gasteiger partial charge >= 0.3 is 5.97 Å². The van der Waals surface area contributed by atoms with Crippen LogP contribution >= 0.6 is 22.6 Å². The van der Waals surface area contributed by atoms with Crippen LogP contribution < -0.4 is 4.90 Å². The molecule has 3 aromatic carbocycles. The number of halogens is 1. The molecule has 1 heterocycles. The van der Waals surface area contributed by atoms with Gasteiger partial charge in [0.1, 0.15) is 0 Å². The first-order chi connectivity index (χ1) is 14.1. The van der Waals surface area contributed by atoms with Gasteiger partial charge in [-0.3, -0.25) is 0 Å². The maximum absolute atomic E-state index is 12.5. The van der Waals surface area contributed by atoms with Crippen molar-refractivity contribution in [2.24, 2.45) is 0 Å². The van der Waals surface area contributed by atoms with Crippen molar-refractivity contribution in [3.05, 3.63) is 111 Å². The number of nitrogens with zero attached hydrogens (tertiary/aromatic N) is 1. The first kappa shape index (κ1) is 19.5. The lowest BCUT2D eigenvalue weighted by Gasteiger charge is -2.40. The summed E-state index contributed by atoms with van der Waals surface area (Å²) in [6, 6.07) is 26.2. The zero-order chi connectivity index (χ0) is 20.4. The minimum atomic E-state index is -0.408. The van der Waals surface area contributed by atoms with E-state index in [1.165, 1.54) is 7.11 Å². The number of carbonyl (C=O) groups excluding carboxylic acids is 1. The molecular formula is C25H20INO2. The Morgan fingerprint density at radius 3 is 2.31 bits per heavy atom. The normalized spacial score (nSPS) is 15.3. The van der Waals surface area contributed by atoms with Gasteiger partial charge in [-0.1, -0.05) is 61.2 Å². The molecule has 3 aromatic rings. The van der Waals surface area contributed by atoms with Crippen LogP contribution in [0.15, 0.2) is 91.0 Å². The Kier molecular flexibility index (Phi) is 5.53. The van der Waals surface area contributed by atoms with Crippen molar-refractivity contribution >= 4 is 46.0 Å². The Labute approximate surface area is 184 Å². The van der Waals surface area contributed by atoms with E-state index in [4.69, 9.17) is 4.74 Å². The van der Waals surface area contributed by atoms with E-state index >= 15 is 0 Å². The third kappa shape index (κ3) is 3.72. The molecule has 3 nitrogen and oxygen atoms in total. The highest BCUT2D eigenvalue weighted by atomic mass is 127. The lowest BCUT2D eigenvalue weighted by Crippen LogP contribution is -2.33. The maximum Gasteiger partial charge on any atom is 0.335 e. The number of hydrogen-bond acceptors (Lipinski definition) is 3. The first-order valence-electron chi connectivity index (χ1n) is 9.28. The number of anilines is 1. The molecule has 0 spiro atoms. The summed E-state index contributed by atoms with van der Waals surface area (Å²) in [5.41, 5.74) is 5.58. The molecule has 0 amide bonds. The number of fused-ring (bicyclic) bond motifs is 1. The average molecular weight is 493 g/mol. The number of rotatable bonds is 4. The Morgan fingerprint density at radius 2 is 1.62 bits per heavy atom. The number of methoxy groups -OCH3 is 1. The fourth-order valence-electron chi connectivity index (χ4n) is 3.69. The van der Waals surface area contributed by atoms with Gasteiger partial charge in [0.05, 0.1) is 18.7 Å². The third-order valence-corrected chi connectivity index (χ3v) is 5.77. The van der Waals surface area contributed by atoms with Gasteiger partial charge in [-0.05, 0) is 69.6 Å². The van der Waals surface area contributed by atoms with Crippen molar-refractivity contribution in [2.75, 3.05) is 12.0 Å². The fraction of sp³-hybridized carbons (Fsp3) is 0.0800. The molecule has 144 valence electrons. The zero-order valence-electron chi connectivity index (χ0n) is 16.0. The lowest BCUT2D eigenvalue weighted by molar-refractivity contribution is -0.136. The summed E-state index contributed by atoms with van der Waals surface area (Å²) in [5.74, 6) is -0.408. The predicted molar refractivity (Wildman–Crippen MR) is 126 cm³/mol. The Hall–Kier alpha value is -2.86. The van der Waals surface area contributed by atoms with Crippen LogP contribution in [0.4, 0.5) is 5.69 Å². The smallest absolute Gasteiger partial charge is 0.335 e. The highest BCUT2D eigenvalue weighted by Gasteiger charge is 2.35. The van der Waals surface area contributed by atoms with Crippen LogP contribution in [-0.2, 0) is 9.53 Å². The average Bonchev–Trinajstić information content (AvgIpc) is 2.78. The van der Waals surface area contributed by atoms with Crippen LogP contribution in [0, 0.1) is 3.57 Å². The number of esters is 1. The Bertz CT molecular complexity index is 1090. The monoisotopic (exact) mass is 493 g/mol. The van der Waals surface area contributed by atoms with E-state index in [0.717, 1.165) is 31.6 Å². The molecule has 0 aliphatic carbocycles. The molecule has 0 aromatic heterocycles. The highest BCUT2D eigenvalue weighted by molar-refractivity contribution is 14.1. The molecule has 0 saturated heterocycles. The van der Waals surface area contributed by atoms with Gasteiger partial charge in [0.2, 0.25) is 0 Å². The summed E-state index contributed by atoms with van der Waals surface area (Å²) in [7, 11) is 1.39. The molecule has 0 fully saturated rings. The molecule has 1 aliphatic heterocycles. The fourth-order valence-corrected chi connectivity index (χ4v) is 4.05. The van der Waals surface area contributed by atoms with E-state index in [9.17, 15) is 4.79 Å². The third-order valence-electron chi connectivity index (χ3n) is 5.05. The van der Waals surface area contributed by atoms with Gasteiger partial charge < -0.3 is 9.64 Å². The Balaban J connectivity index is 1.98. The van der Waals surface area contributed by atoms with Crippen molar-refractivity contribution in [1.29, 1.82) is 0 Å². The summed E-state index contributed by atoms with van der Waals surface area (Å²) in [6.45, 7) is 4.12. The van der Waals surface area contributed by atoms with Crippen LogP contribution in [0.5, 0.6) is 0 Å². The van der Waals surface area contributed by atoms with Gasteiger partial charge in [-0.25, -0.2) is 4.79 Å². The van der Waals surface area contributed by atoms with E-state index in [-0.39, 0.29) is 6.04 Å². The van der Waals surface area contributed by atoms with Crippen LogP contribution in [0.3, 0.4) is 0 Å². The van der Waals surface area contributed by atoms with Crippen LogP contribution in [-0.4, -0.2) is 13.1 Å². The van der Waals surface area contributed by atoms with E-state index in [1.54, 1.807) is 0 Å². The molecule has 0 saturated carbocycles. The van der Waals surface area contributed by atoms with Gasteiger partial charge in [0, 0.05) is 15.0 Å². The quantitative estimate of drug-likeness (QED) is 0.251. The van der Waals surface area contributed by atoms with Crippen molar-refractivity contribution in [3.63, 3.8) is 0 Å². The molecule has 1 atom stereocenters. The molecule has 0 bridgehead atoms. The minimum Gasteiger partial charge on any atom is -0.466 e. The number of hydrogen-bond donors (Lipinski definition) is 0. The number of benzene rings is 3. The summed E-state index contributed by atoms with van der Waals surface area (Å²) in [6.07, 6.45) is 2.17. The minimum absolute atomic E-state index is 0.362. The molecule has 0 N–H and O–H groups in total. The molecular weight excluding hydrogens is 473 g/mol. The summed E-state index contributed by atoms with van der Waals surface area (Å²) in [4.78, 5) is 14.7. The number of ether oxygens (including phenoxy) is 1. The summed E-state index contributed by atoms with van der Waals surface area (Å²) >= 11 is 2.29. The Morgan fingerprint density at radius 1 is 0.966 bits per heavy atom. The van der Waals surface area contributed by atoms with Crippen molar-refractivity contribution in [2.45, 2.75) is 6.04 Å². The summed E-state index contributed by atoms with van der Waals surface area (Å²) in [5, 5.41) is 0. The standard InChI is InChI=1S/C25H20INO2/c1-17(25(28)29-2)24-22-11-7-6-10-19(22)16-23(18-8-4-3-5-9-18)27(24)21-14-12-20(26)13-15-21/h3-16,24H,1H2,2H3. The van der Waals surface area contributed by atoms with E-state index < -0.39 is 5.97 Å². The van der Waals surface area contributed by atoms with Crippen molar-refractivity contribution < 1.29 is 9.53 Å². The predicted octanol–water partition coefficient (Wildman–Crippen LogP) is 6.08. The maximum atomic E-state index is 12.5. The topological polar surface area (TPSA) is 29.5 Å². The van der Waals surface area contributed by atoms with Crippen LogP contribution in [0.2, 0.25) is 0 Å². The highest BCUT2D eigenvalue weighted by Crippen LogP contribution is 2.44. The summed E-state index contributed by atoms with van der Waals surface area (Å²) < 4.78 is 6.19. The van der Waals surface area contributed by atoms with Gasteiger partial charge in [0.25, 0.3) is 0 Å². The SMILES string of the molecule is C=C(C(=O)OC)C1c2ccccc2C=C(c2ccccc2)N1c1ccc(I)cc1. The van der Waals surface area contributed by atoms with E-state index in [1.807, 2.05) is 36.4 Å². The van der Waals surface area contributed by atoms with E-state index in [0.29, 0.717) is 5.57 Å². The lowest BCUT2D eigenvalue weighted by atomic mass is 9.87. The molecule has 1 aliphatic rings. The van der Waals surface area contributed by atoms with Gasteiger partial charge in [-0.2, -0.15) is 0 Å². The molecule has 4 rings (SSSR count). The molecule has 0 radical (unpaired) electrons. The van der Waals surface area contributed by atoms with Crippen molar-refractivity contribution in [3.8, 4) is 0 Å². The molecule has 4 heteroatoms. The first-order valence-corrected chi connectivity index (χ1v) is 10.4. The zero-order valence-corrected chi connectivity index (χ0v) is 18.2.